The molecule has 0 aliphatic heterocycles. The third-order valence-corrected chi connectivity index (χ3v) is 2.79. The SMILES string of the molecule is Nc1nc(Cl)nc(Nc2cc(Br)ccc2Cl)n1. The first-order chi connectivity index (χ1) is 8.04. The van der Waals surface area contributed by atoms with Crippen molar-refractivity contribution in [1.82, 2.24) is 15.0 Å². The Labute approximate surface area is 116 Å². The smallest absolute Gasteiger partial charge is 0.233 e. The zero-order valence-electron chi connectivity index (χ0n) is 8.28. The van der Waals surface area contributed by atoms with Gasteiger partial charge in [-0.3, -0.25) is 0 Å². The molecule has 0 spiro atoms. The van der Waals surface area contributed by atoms with Crippen LogP contribution in [0.2, 0.25) is 10.3 Å². The normalized spacial score (nSPS) is 10.3. The number of hydrogen-bond acceptors (Lipinski definition) is 5. The molecule has 0 amide bonds. The molecule has 8 heteroatoms. The average molecular weight is 335 g/mol. The molecule has 0 aliphatic carbocycles. The Morgan fingerprint density at radius 1 is 1.18 bits per heavy atom. The van der Waals surface area contributed by atoms with Gasteiger partial charge in [-0.25, -0.2) is 0 Å². The monoisotopic (exact) mass is 333 g/mol. The van der Waals surface area contributed by atoms with Crippen LogP contribution in [0.5, 0.6) is 0 Å². The molecule has 0 saturated heterocycles. The van der Waals surface area contributed by atoms with Crippen molar-refractivity contribution < 1.29 is 0 Å². The fourth-order valence-electron chi connectivity index (χ4n) is 1.14. The molecule has 0 atom stereocenters. The summed E-state index contributed by atoms with van der Waals surface area (Å²) in [4.78, 5) is 11.4. The van der Waals surface area contributed by atoms with Gasteiger partial charge in [0.1, 0.15) is 0 Å². The predicted octanol–water partition coefficient (Wildman–Crippen LogP) is 3.27. The van der Waals surface area contributed by atoms with Gasteiger partial charge in [0.25, 0.3) is 0 Å². The van der Waals surface area contributed by atoms with Gasteiger partial charge in [-0.15, -0.1) is 0 Å². The average Bonchev–Trinajstić information content (AvgIpc) is 2.22. The standard InChI is InChI=1S/C9H6BrCl2N5/c10-4-1-2-5(11)6(3-4)14-9-16-7(12)15-8(13)17-9/h1-3H,(H3,13,14,15,16,17). The highest BCUT2D eigenvalue weighted by molar-refractivity contribution is 9.10. The number of benzene rings is 1. The molecule has 2 aromatic rings. The molecule has 0 radical (unpaired) electrons. The molecular formula is C9H6BrCl2N5. The zero-order chi connectivity index (χ0) is 12.4. The Bertz CT molecular complexity index is 543. The molecule has 1 heterocycles. The van der Waals surface area contributed by atoms with E-state index < -0.39 is 0 Å². The van der Waals surface area contributed by atoms with Crippen molar-refractivity contribution in [2.45, 2.75) is 0 Å². The number of nitrogens with two attached hydrogens (primary N) is 1. The molecular weight excluding hydrogens is 329 g/mol. The van der Waals surface area contributed by atoms with Crippen LogP contribution >= 0.6 is 39.1 Å². The van der Waals surface area contributed by atoms with Crippen LogP contribution in [0.4, 0.5) is 17.6 Å². The number of nitrogens with zero attached hydrogens (tertiary/aromatic N) is 3. The molecule has 0 saturated carbocycles. The Morgan fingerprint density at radius 3 is 2.65 bits per heavy atom. The predicted molar refractivity (Wildman–Crippen MR) is 71.7 cm³/mol. The van der Waals surface area contributed by atoms with Crippen molar-refractivity contribution in [1.29, 1.82) is 0 Å². The minimum absolute atomic E-state index is 0.0196. The highest BCUT2D eigenvalue weighted by Gasteiger charge is 2.06. The molecule has 88 valence electrons. The molecule has 2 rings (SSSR count). The summed E-state index contributed by atoms with van der Waals surface area (Å²) in [7, 11) is 0. The summed E-state index contributed by atoms with van der Waals surface area (Å²) in [6.07, 6.45) is 0. The van der Waals surface area contributed by atoms with Crippen molar-refractivity contribution in [3.05, 3.63) is 33.0 Å². The van der Waals surface area contributed by atoms with Gasteiger partial charge in [-0.1, -0.05) is 27.5 Å². The van der Waals surface area contributed by atoms with Crippen molar-refractivity contribution in [3.63, 3.8) is 0 Å². The number of anilines is 3. The van der Waals surface area contributed by atoms with Crippen LogP contribution in [-0.2, 0) is 0 Å². The van der Waals surface area contributed by atoms with Crippen LogP contribution in [0.25, 0.3) is 0 Å². The van der Waals surface area contributed by atoms with Crippen LogP contribution in [0.3, 0.4) is 0 Å². The maximum Gasteiger partial charge on any atom is 0.233 e. The summed E-state index contributed by atoms with van der Waals surface area (Å²) < 4.78 is 0.873. The third kappa shape index (κ3) is 3.18. The first kappa shape index (κ1) is 12.3. The van der Waals surface area contributed by atoms with E-state index in [4.69, 9.17) is 28.9 Å². The van der Waals surface area contributed by atoms with E-state index in [9.17, 15) is 0 Å². The fraction of sp³-hybridized carbons (Fsp3) is 0. The number of hydrogen-bond donors (Lipinski definition) is 2. The number of halogens is 3. The zero-order valence-corrected chi connectivity index (χ0v) is 11.4. The van der Waals surface area contributed by atoms with Gasteiger partial charge < -0.3 is 11.1 Å². The summed E-state index contributed by atoms with van der Waals surface area (Å²) in [5.74, 6) is 0.279. The van der Waals surface area contributed by atoms with E-state index in [1.165, 1.54) is 0 Å². The summed E-state index contributed by atoms with van der Waals surface area (Å²) in [6.45, 7) is 0. The Morgan fingerprint density at radius 2 is 1.94 bits per heavy atom. The number of rotatable bonds is 2. The maximum absolute atomic E-state index is 6.01. The first-order valence-electron chi connectivity index (χ1n) is 4.44. The molecule has 1 aromatic heterocycles. The van der Waals surface area contributed by atoms with Crippen LogP contribution in [0.15, 0.2) is 22.7 Å². The van der Waals surface area contributed by atoms with Crippen molar-refractivity contribution in [3.8, 4) is 0 Å². The van der Waals surface area contributed by atoms with Gasteiger partial charge in [-0.05, 0) is 29.8 Å². The second-order valence-corrected chi connectivity index (χ2v) is 4.70. The molecule has 0 bridgehead atoms. The lowest BCUT2D eigenvalue weighted by molar-refractivity contribution is 1.07. The molecule has 3 N–H and O–H groups in total. The summed E-state index contributed by atoms with van der Waals surface area (Å²) in [5, 5.41) is 3.46. The Hall–Kier alpha value is -1.11. The van der Waals surface area contributed by atoms with Gasteiger partial charge in [0.15, 0.2) is 0 Å². The van der Waals surface area contributed by atoms with Gasteiger partial charge in [-0.2, -0.15) is 15.0 Å². The molecule has 5 nitrogen and oxygen atoms in total. The quantitative estimate of drug-likeness (QED) is 0.881. The Kier molecular flexibility index (Phi) is 3.66. The first-order valence-corrected chi connectivity index (χ1v) is 5.98. The second-order valence-electron chi connectivity index (χ2n) is 3.04. The van der Waals surface area contributed by atoms with Gasteiger partial charge in [0, 0.05) is 4.47 Å². The highest BCUT2D eigenvalue weighted by Crippen LogP contribution is 2.27. The summed E-state index contributed by atoms with van der Waals surface area (Å²) in [6, 6.07) is 5.35. The second kappa shape index (κ2) is 5.03. The summed E-state index contributed by atoms with van der Waals surface area (Å²) in [5.41, 5.74) is 6.09. The van der Waals surface area contributed by atoms with Crippen molar-refractivity contribution in [2.75, 3.05) is 11.1 Å². The lowest BCUT2D eigenvalue weighted by Crippen LogP contribution is -2.03. The lowest BCUT2D eigenvalue weighted by atomic mass is 10.3. The van der Waals surface area contributed by atoms with Crippen molar-refractivity contribution >= 4 is 56.7 Å². The van der Waals surface area contributed by atoms with Crippen molar-refractivity contribution in [2.24, 2.45) is 0 Å². The molecule has 1 aromatic carbocycles. The summed E-state index contributed by atoms with van der Waals surface area (Å²) >= 11 is 15.0. The van der Waals surface area contributed by atoms with Crippen LogP contribution in [0, 0.1) is 0 Å². The van der Waals surface area contributed by atoms with E-state index in [-0.39, 0.29) is 17.2 Å². The third-order valence-electron chi connectivity index (χ3n) is 1.80. The van der Waals surface area contributed by atoms with E-state index >= 15 is 0 Å². The fourth-order valence-corrected chi connectivity index (χ4v) is 1.83. The number of nitrogens with one attached hydrogen (secondary N) is 1. The van der Waals surface area contributed by atoms with E-state index in [0.717, 1.165) is 4.47 Å². The minimum Gasteiger partial charge on any atom is -0.368 e. The lowest BCUT2D eigenvalue weighted by Gasteiger charge is -2.07. The van der Waals surface area contributed by atoms with E-state index in [1.807, 2.05) is 6.07 Å². The van der Waals surface area contributed by atoms with Crippen LogP contribution in [-0.4, -0.2) is 15.0 Å². The number of nitrogen functional groups attached to an aromatic ring is 1. The highest BCUT2D eigenvalue weighted by atomic mass is 79.9. The molecule has 0 aliphatic rings. The minimum atomic E-state index is 0.0196. The van der Waals surface area contributed by atoms with E-state index in [2.05, 4.69) is 36.2 Å². The molecule has 0 unspecified atom stereocenters. The van der Waals surface area contributed by atoms with Gasteiger partial charge in [0.05, 0.1) is 10.7 Å². The van der Waals surface area contributed by atoms with E-state index in [1.54, 1.807) is 12.1 Å². The molecule has 0 fully saturated rings. The Balaban J connectivity index is 2.34. The number of aromatic nitrogens is 3. The van der Waals surface area contributed by atoms with Crippen LogP contribution in [0.1, 0.15) is 0 Å². The maximum atomic E-state index is 6.01. The van der Waals surface area contributed by atoms with E-state index in [0.29, 0.717) is 10.7 Å². The van der Waals surface area contributed by atoms with Gasteiger partial charge in [0.2, 0.25) is 17.2 Å². The molecule has 17 heavy (non-hydrogen) atoms. The van der Waals surface area contributed by atoms with Crippen LogP contribution < -0.4 is 11.1 Å². The topological polar surface area (TPSA) is 76.7 Å². The van der Waals surface area contributed by atoms with Gasteiger partial charge >= 0.3 is 0 Å². The largest absolute Gasteiger partial charge is 0.368 e.